The summed E-state index contributed by atoms with van der Waals surface area (Å²) in [5.41, 5.74) is 1.84. The largest absolute Gasteiger partial charge is 0.497 e. The molecule has 1 heterocycles. The van der Waals surface area contributed by atoms with E-state index in [4.69, 9.17) is 14.0 Å². The van der Waals surface area contributed by atoms with Crippen LogP contribution in [0.15, 0.2) is 53.1 Å². The van der Waals surface area contributed by atoms with Crippen molar-refractivity contribution >= 4 is 5.91 Å². The number of ether oxygens (including phenoxy) is 2. The van der Waals surface area contributed by atoms with E-state index in [1.165, 1.54) is 0 Å². The number of amides is 1. The number of hydrogen-bond acceptors (Lipinski definition) is 6. The highest BCUT2D eigenvalue weighted by molar-refractivity contribution is 5.80. The monoisotopic (exact) mass is 367 g/mol. The number of nitrogens with one attached hydrogen (secondary N) is 1. The molecule has 0 aliphatic carbocycles. The van der Waals surface area contributed by atoms with Crippen molar-refractivity contribution in [2.45, 2.75) is 26.5 Å². The van der Waals surface area contributed by atoms with Gasteiger partial charge in [0.15, 0.2) is 6.10 Å². The zero-order chi connectivity index (χ0) is 19.2. The van der Waals surface area contributed by atoms with Gasteiger partial charge in [-0.2, -0.15) is 4.98 Å². The fourth-order valence-corrected chi connectivity index (χ4v) is 2.46. The third-order valence-corrected chi connectivity index (χ3v) is 3.88. The predicted molar refractivity (Wildman–Crippen MR) is 99.4 cm³/mol. The molecule has 1 unspecified atom stereocenters. The van der Waals surface area contributed by atoms with E-state index in [0.29, 0.717) is 23.2 Å². The molecule has 0 radical (unpaired) electrons. The lowest BCUT2D eigenvalue weighted by molar-refractivity contribution is -0.127. The van der Waals surface area contributed by atoms with Crippen LogP contribution in [0.4, 0.5) is 0 Å². The third-order valence-electron chi connectivity index (χ3n) is 3.88. The Morgan fingerprint density at radius 1 is 1.19 bits per heavy atom. The van der Waals surface area contributed by atoms with Crippen molar-refractivity contribution in [2.24, 2.45) is 0 Å². The van der Waals surface area contributed by atoms with Gasteiger partial charge < -0.3 is 19.3 Å². The molecule has 3 aromatic rings. The Labute approximate surface area is 157 Å². The van der Waals surface area contributed by atoms with E-state index >= 15 is 0 Å². The summed E-state index contributed by atoms with van der Waals surface area (Å²) >= 11 is 0. The minimum atomic E-state index is -0.646. The van der Waals surface area contributed by atoms with E-state index in [1.807, 2.05) is 55.5 Å². The first kappa shape index (κ1) is 18.4. The maximum Gasteiger partial charge on any atom is 0.261 e. The number of aromatic nitrogens is 2. The van der Waals surface area contributed by atoms with Crippen LogP contribution in [0.3, 0.4) is 0 Å². The average Bonchev–Trinajstić information content (AvgIpc) is 3.15. The van der Waals surface area contributed by atoms with Gasteiger partial charge in [-0.05, 0) is 43.7 Å². The molecule has 0 spiro atoms. The molecule has 27 heavy (non-hydrogen) atoms. The van der Waals surface area contributed by atoms with E-state index in [2.05, 4.69) is 15.5 Å². The minimum absolute atomic E-state index is 0.122. The lowest BCUT2D eigenvalue weighted by Gasteiger charge is -2.14. The number of methoxy groups -OCH3 is 1. The number of rotatable bonds is 7. The maximum absolute atomic E-state index is 12.2. The van der Waals surface area contributed by atoms with Gasteiger partial charge in [-0.15, -0.1) is 0 Å². The van der Waals surface area contributed by atoms with Crippen LogP contribution in [0, 0.1) is 6.92 Å². The smallest absolute Gasteiger partial charge is 0.261 e. The molecule has 0 saturated heterocycles. The maximum atomic E-state index is 12.2. The molecule has 7 heteroatoms. The predicted octanol–water partition coefficient (Wildman–Crippen LogP) is 3.14. The number of carbonyl (C=O) groups excluding carboxylic acids is 1. The van der Waals surface area contributed by atoms with Gasteiger partial charge >= 0.3 is 0 Å². The second-order valence-corrected chi connectivity index (χ2v) is 6.04. The Morgan fingerprint density at radius 2 is 1.96 bits per heavy atom. The average molecular weight is 367 g/mol. The van der Waals surface area contributed by atoms with Crippen LogP contribution < -0.4 is 14.8 Å². The summed E-state index contributed by atoms with van der Waals surface area (Å²) in [5.74, 6) is 1.83. The molecule has 0 aliphatic heterocycles. The second-order valence-electron chi connectivity index (χ2n) is 6.04. The minimum Gasteiger partial charge on any atom is -0.497 e. The topological polar surface area (TPSA) is 86.5 Å². The van der Waals surface area contributed by atoms with Gasteiger partial charge in [0, 0.05) is 5.56 Å². The number of carbonyl (C=O) groups is 1. The van der Waals surface area contributed by atoms with Crippen molar-refractivity contribution in [1.82, 2.24) is 15.5 Å². The Balaban J connectivity index is 1.56. The summed E-state index contributed by atoms with van der Waals surface area (Å²) in [6.45, 7) is 3.78. The molecule has 1 aromatic heterocycles. The lowest BCUT2D eigenvalue weighted by Crippen LogP contribution is -2.36. The first-order valence-electron chi connectivity index (χ1n) is 8.53. The molecule has 140 valence electrons. The Morgan fingerprint density at radius 3 is 2.74 bits per heavy atom. The van der Waals surface area contributed by atoms with Gasteiger partial charge in [-0.25, -0.2) is 0 Å². The summed E-state index contributed by atoms with van der Waals surface area (Å²) in [6.07, 6.45) is -0.646. The molecule has 0 saturated carbocycles. The van der Waals surface area contributed by atoms with E-state index in [-0.39, 0.29) is 12.5 Å². The molecular weight excluding hydrogens is 346 g/mol. The van der Waals surface area contributed by atoms with Crippen LogP contribution in [0.2, 0.25) is 0 Å². The van der Waals surface area contributed by atoms with Gasteiger partial charge in [-0.1, -0.05) is 29.4 Å². The first-order chi connectivity index (χ1) is 13.0. The van der Waals surface area contributed by atoms with Crippen molar-refractivity contribution in [3.63, 3.8) is 0 Å². The van der Waals surface area contributed by atoms with Crippen LogP contribution in [-0.4, -0.2) is 29.3 Å². The van der Waals surface area contributed by atoms with Crippen LogP contribution in [0.5, 0.6) is 11.5 Å². The van der Waals surface area contributed by atoms with Gasteiger partial charge in [0.2, 0.25) is 11.7 Å². The van der Waals surface area contributed by atoms with Crippen LogP contribution in [0.25, 0.3) is 11.4 Å². The highest BCUT2D eigenvalue weighted by Crippen LogP contribution is 2.21. The number of nitrogens with zero attached hydrogens (tertiary/aromatic N) is 2. The summed E-state index contributed by atoms with van der Waals surface area (Å²) in [6, 6.07) is 14.9. The summed E-state index contributed by atoms with van der Waals surface area (Å²) < 4.78 is 16.0. The Kier molecular flexibility index (Phi) is 5.71. The number of benzene rings is 2. The van der Waals surface area contributed by atoms with Gasteiger partial charge in [-0.3, -0.25) is 4.79 Å². The molecule has 2 aromatic carbocycles. The molecule has 1 atom stereocenters. The van der Waals surface area contributed by atoms with Crippen LogP contribution in [-0.2, 0) is 11.3 Å². The SMILES string of the molecule is COc1cccc(-c2noc(CNC(=O)C(C)Oc3cccc(C)c3)n2)c1. The second kappa shape index (κ2) is 8.35. The Bertz CT molecular complexity index is 923. The van der Waals surface area contributed by atoms with Crippen molar-refractivity contribution in [1.29, 1.82) is 0 Å². The van der Waals surface area contributed by atoms with Gasteiger partial charge in [0.1, 0.15) is 11.5 Å². The van der Waals surface area contributed by atoms with Crippen molar-refractivity contribution in [3.8, 4) is 22.9 Å². The van der Waals surface area contributed by atoms with E-state index < -0.39 is 6.10 Å². The fourth-order valence-electron chi connectivity index (χ4n) is 2.46. The van der Waals surface area contributed by atoms with Crippen LogP contribution in [0.1, 0.15) is 18.4 Å². The van der Waals surface area contributed by atoms with E-state index in [1.54, 1.807) is 14.0 Å². The lowest BCUT2D eigenvalue weighted by atomic mass is 10.2. The molecular formula is C20H21N3O4. The van der Waals surface area contributed by atoms with Crippen molar-refractivity contribution < 1.29 is 18.8 Å². The molecule has 0 fully saturated rings. The Hall–Kier alpha value is -3.35. The van der Waals surface area contributed by atoms with E-state index in [0.717, 1.165) is 11.1 Å². The molecule has 0 aliphatic rings. The van der Waals surface area contributed by atoms with Crippen molar-refractivity contribution in [3.05, 3.63) is 60.0 Å². The first-order valence-corrected chi connectivity index (χ1v) is 8.53. The van der Waals surface area contributed by atoms with E-state index in [9.17, 15) is 4.79 Å². The highest BCUT2D eigenvalue weighted by atomic mass is 16.5. The molecule has 3 rings (SSSR count). The summed E-state index contributed by atoms with van der Waals surface area (Å²) in [5, 5.41) is 6.67. The molecule has 0 bridgehead atoms. The van der Waals surface area contributed by atoms with Gasteiger partial charge in [0.25, 0.3) is 5.91 Å². The van der Waals surface area contributed by atoms with Crippen LogP contribution >= 0.6 is 0 Å². The zero-order valence-corrected chi connectivity index (χ0v) is 15.4. The normalized spacial score (nSPS) is 11.7. The fraction of sp³-hybridized carbons (Fsp3) is 0.250. The number of aryl methyl sites for hydroxylation is 1. The number of hydrogen-bond donors (Lipinski definition) is 1. The highest BCUT2D eigenvalue weighted by Gasteiger charge is 2.16. The zero-order valence-electron chi connectivity index (χ0n) is 15.4. The molecule has 1 N–H and O–H groups in total. The molecule has 1 amide bonds. The molecule has 7 nitrogen and oxygen atoms in total. The quantitative estimate of drug-likeness (QED) is 0.690. The standard InChI is InChI=1S/C20H21N3O4/c1-13-6-4-9-17(10-13)26-14(2)20(24)21-12-18-22-19(23-27-18)15-7-5-8-16(11-15)25-3/h4-11,14H,12H2,1-3H3,(H,21,24). The summed E-state index contributed by atoms with van der Waals surface area (Å²) in [4.78, 5) is 16.5. The van der Waals surface area contributed by atoms with Crippen molar-refractivity contribution in [2.75, 3.05) is 7.11 Å². The van der Waals surface area contributed by atoms with Gasteiger partial charge in [0.05, 0.1) is 13.7 Å². The third kappa shape index (κ3) is 4.84. The summed E-state index contributed by atoms with van der Waals surface area (Å²) in [7, 11) is 1.59.